The Labute approximate surface area is 162 Å². The fourth-order valence-electron chi connectivity index (χ4n) is 2.56. The van der Waals surface area contributed by atoms with E-state index in [2.05, 4.69) is 46.0 Å². The van der Waals surface area contributed by atoms with Gasteiger partial charge in [0.25, 0.3) is 0 Å². The first-order valence-corrected chi connectivity index (χ1v) is 9.81. The molecule has 3 rings (SSSR count). The van der Waals surface area contributed by atoms with E-state index in [9.17, 15) is 4.79 Å². The van der Waals surface area contributed by atoms with Crippen LogP contribution in [0.4, 0.5) is 0 Å². The molecule has 0 amide bonds. The second-order valence-electron chi connectivity index (χ2n) is 6.14. The Bertz CT molecular complexity index is 888. The predicted octanol–water partition coefficient (Wildman–Crippen LogP) is 5.36. The lowest BCUT2D eigenvalue weighted by Crippen LogP contribution is -2.00. The van der Waals surface area contributed by atoms with E-state index in [-0.39, 0.29) is 5.78 Å². The van der Waals surface area contributed by atoms with Crippen LogP contribution in [0.15, 0.2) is 53.7 Å². The summed E-state index contributed by atoms with van der Waals surface area (Å²) in [4.78, 5) is 11.1. The van der Waals surface area contributed by atoms with Crippen molar-refractivity contribution in [3.8, 4) is 17.1 Å². The number of hydrogen-bond acceptors (Lipinski definition) is 4. The summed E-state index contributed by atoms with van der Waals surface area (Å²) in [6.07, 6.45) is 1.42. The molecule has 0 aliphatic heterocycles. The number of thioether (sulfide) groups is 1. The van der Waals surface area contributed by atoms with Crippen LogP contribution in [0, 0.1) is 6.92 Å². The molecule has 134 valence electrons. The van der Waals surface area contributed by atoms with Crippen LogP contribution < -0.4 is 0 Å². The second-order valence-corrected chi connectivity index (χ2v) is 7.64. The van der Waals surface area contributed by atoms with Crippen molar-refractivity contribution < 1.29 is 4.79 Å². The number of aryl methyl sites for hydroxylation is 1. The van der Waals surface area contributed by atoms with Crippen LogP contribution in [0.3, 0.4) is 0 Å². The van der Waals surface area contributed by atoms with E-state index >= 15 is 0 Å². The molecule has 0 bridgehead atoms. The molecule has 0 aliphatic carbocycles. The second kappa shape index (κ2) is 8.52. The molecule has 0 N–H and O–H groups in total. The average Bonchev–Trinajstić information content (AvgIpc) is 3.04. The smallest absolute Gasteiger partial charge is 0.196 e. The van der Waals surface area contributed by atoms with Crippen molar-refractivity contribution >= 4 is 29.1 Å². The van der Waals surface area contributed by atoms with E-state index in [0.29, 0.717) is 11.4 Å². The molecule has 3 aromatic rings. The lowest BCUT2D eigenvalue weighted by Gasteiger charge is -2.11. The Morgan fingerprint density at radius 3 is 2.42 bits per heavy atom. The molecule has 1 aromatic heterocycles. The first-order chi connectivity index (χ1) is 12.5. The summed E-state index contributed by atoms with van der Waals surface area (Å²) in [6.45, 7) is 3.69. The molecule has 0 saturated heterocycles. The predicted molar refractivity (Wildman–Crippen MR) is 107 cm³/mol. The van der Waals surface area contributed by atoms with Gasteiger partial charge in [-0.2, -0.15) is 0 Å². The molecule has 0 atom stereocenters. The highest BCUT2D eigenvalue weighted by atomic mass is 35.5. The number of carbonyl (C=O) groups is 1. The Balaban J connectivity index is 1.95. The van der Waals surface area contributed by atoms with Crippen LogP contribution in [0.1, 0.15) is 25.3 Å². The summed E-state index contributed by atoms with van der Waals surface area (Å²) in [6, 6.07) is 15.9. The zero-order valence-electron chi connectivity index (χ0n) is 14.8. The van der Waals surface area contributed by atoms with Gasteiger partial charge in [-0.1, -0.05) is 41.1 Å². The Hall–Kier alpha value is -2.11. The van der Waals surface area contributed by atoms with Gasteiger partial charge in [0.1, 0.15) is 5.78 Å². The highest BCUT2D eigenvalue weighted by Crippen LogP contribution is 2.29. The van der Waals surface area contributed by atoms with Crippen molar-refractivity contribution in [1.82, 2.24) is 14.8 Å². The normalized spacial score (nSPS) is 10.9. The van der Waals surface area contributed by atoms with Crippen molar-refractivity contribution in [3.63, 3.8) is 0 Å². The maximum absolute atomic E-state index is 11.1. The summed E-state index contributed by atoms with van der Waals surface area (Å²) in [5.74, 6) is 1.82. The Morgan fingerprint density at radius 2 is 1.77 bits per heavy atom. The lowest BCUT2D eigenvalue weighted by molar-refractivity contribution is -0.117. The summed E-state index contributed by atoms with van der Waals surface area (Å²) < 4.78 is 2.06. The minimum absolute atomic E-state index is 0.215. The van der Waals surface area contributed by atoms with Crippen molar-refractivity contribution in [2.75, 3.05) is 5.75 Å². The van der Waals surface area contributed by atoms with E-state index in [1.807, 2.05) is 24.3 Å². The van der Waals surface area contributed by atoms with Gasteiger partial charge in [-0.05, 0) is 56.7 Å². The molecule has 1 heterocycles. The van der Waals surface area contributed by atoms with Crippen LogP contribution in [0.2, 0.25) is 5.02 Å². The fraction of sp³-hybridized carbons (Fsp3) is 0.250. The summed E-state index contributed by atoms with van der Waals surface area (Å²) in [5.41, 5.74) is 3.17. The van der Waals surface area contributed by atoms with Crippen LogP contribution in [0.5, 0.6) is 0 Å². The molecule has 26 heavy (non-hydrogen) atoms. The molecule has 2 aromatic carbocycles. The van der Waals surface area contributed by atoms with Gasteiger partial charge in [0.2, 0.25) is 0 Å². The molecular weight excluding hydrogens is 366 g/mol. The summed E-state index contributed by atoms with van der Waals surface area (Å²) in [7, 11) is 0. The van der Waals surface area contributed by atoms with Gasteiger partial charge in [-0.25, -0.2) is 0 Å². The van der Waals surface area contributed by atoms with Gasteiger partial charge in [0, 0.05) is 28.4 Å². The molecular formula is C20H20ClN3OS. The van der Waals surface area contributed by atoms with Gasteiger partial charge in [0.05, 0.1) is 0 Å². The van der Waals surface area contributed by atoms with Gasteiger partial charge in [-0.15, -0.1) is 10.2 Å². The van der Waals surface area contributed by atoms with Crippen LogP contribution in [-0.4, -0.2) is 26.3 Å². The number of Topliss-reactive ketones (excluding diaryl/α,β-unsaturated/α-hetero) is 1. The third-order valence-electron chi connectivity index (χ3n) is 3.93. The molecule has 0 unspecified atom stereocenters. The molecule has 4 nitrogen and oxygen atoms in total. The topological polar surface area (TPSA) is 47.8 Å². The van der Waals surface area contributed by atoms with Crippen molar-refractivity contribution in [1.29, 1.82) is 0 Å². The van der Waals surface area contributed by atoms with Gasteiger partial charge < -0.3 is 4.79 Å². The standard InChI is InChI=1S/C20H20ClN3OS/c1-14-5-11-18(12-6-14)24-19(16-7-9-17(21)10-8-16)22-23-20(24)26-13-3-4-15(2)25/h5-12H,3-4,13H2,1-2H3. The summed E-state index contributed by atoms with van der Waals surface area (Å²) >= 11 is 7.63. The quantitative estimate of drug-likeness (QED) is 0.406. The van der Waals surface area contributed by atoms with Crippen molar-refractivity contribution in [2.24, 2.45) is 0 Å². The maximum atomic E-state index is 11.1. The Morgan fingerprint density at radius 1 is 1.08 bits per heavy atom. The monoisotopic (exact) mass is 385 g/mol. The molecule has 6 heteroatoms. The number of halogens is 1. The molecule has 0 saturated carbocycles. The van der Waals surface area contributed by atoms with Crippen LogP contribution in [-0.2, 0) is 4.79 Å². The molecule has 0 spiro atoms. The van der Waals surface area contributed by atoms with Crippen LogP contribution in [0.25, 0.3) is 17.1 Å². The molecule has 0 fully saturated rings. The number of ketones is 1. The minimum atomic E-state index is 0.215. The number of benzene rings is 2. The SMILES string of the molecule is CC(=O)CCCSc1nnc(-c2ccc(Cl)cc2)n1-c1ccc(C)cc1. The lowest BCUT2D eigenvalue weighted by atomic mass is 10.2. The zero-order chi connectivity index (χ0) is 18.5. The number of rotatable bonds is 7. The number of aromatic nitrogens is 3. The minimum Gasteiger partial charge on any atom is -0.300 e. The van der Waals surface area contributed by atoms with E-state index in [1.165, 1.54) is 5.56 Å². The third-order valence-corrected chi connectivity index (χ3v) is 5.20. The number of nitrogens with zero attached hydrogens (tertiary/aromatic N) is 3. The number of carbonyl (C=O) groups excluding carboxylic acids is 1. The highest BCUT2D eigenvalue weighted by molar-refractivity contribution is 7.99. The maximum Gasteiger partial charge on any atom is 0.196 e. The average molecular weight is 386 g/mol. The van der Waals surface area contributed by atoms with Gasteiger partial charge >= 0.3 is 0 Å². The van der Waals surface area contributed by atoms with E-state index in [1.54, 1.807) is 18.7 Å². The van der Waals surface area contributed by atoms with Crippen LogP contribution >= 0.6 is 23.4 Å². The highest BCUT2D eigenvalue weighted by Gasteiger charge is 2.16. The Kier molecular flexibility index (Phi) is 6.12. The molecule has 0 radical (unpaired) electrons. The van der Waals surface area contributed by atoms with Gasteiger partial charge in [0.15, 0.2) is 11.0 Å². The van der Waals surface area contributed by atoms with Crippen molar-refractivity contribution in [2.45, 2.75) is 31.8 Å². The van der Waals surface area contributed by atoms with Gasteiger partial charge in [-0.3, -0.25) is 4.57 Å². The third kappa shape index (κ3) is 4.54. The van der Waals surface area contributed by atoms with Crippen molar-refractivity contribution in [3.05, 3.63) is 59.1 Å². The van der Waals surface area contributed by atoms with E-state index in [0.717, 1.165) is 34.4 Å². The van der Waals surface area contributed by atoms with E-state index in [4.69, 9.17) is 11.6 Å². The zero-order valence-corrected chi connectivity index (χ0v) is 16.3. The fourth-order valence-corrected chi connectivity index (χ4v) is 3.58. The first-order valence-electron chi connectivity index (χ1n) is 8.45. The summed E-state index contributed by atoms with van der Waals surface area (Å²) in [5, 5.41) is 10.3. The largest absolute Gasteiger partial charge is 0.300 e. The number of hydrogen-bond donors (Lipinski definition) is 0. The first kappa shape index (κ1) is 18.7. The van der Waals surface area contributed by atoms with E-state index < -0.39 is 0 Å². The molecule has 0 aliphatic rings.